The van der Waals surface area contributed by atoms with Crippen LogP contribution in [-0.4, -0.2) is 67.7 Å². The van der Waals surface area contributed by atoms with Gasteiger partial charge in [0, 0.05) is 37.4 Å². The van der Waals surface area contributed by atoms with Crippen molar-refractivity contribution in [2.24, 2.45) is 0 Å². The normalized spacial score (nSPS) is 18.2. The molecular weight excluding hydrogens is 521 g/mol. The first-order valence-corrected chi connectivity index (χ1v) is 14.0. The zero-order valence-electron chi connectivity index (χ0n) is 21.7. The lowest BCUT2D eigenvalue weighted by Crippen LogP contribution is -2.52. The average Bonchev–Trinajstić information content (AvgIpc) is 2.83. The molecule has 0 aromatic heterocycles. The van der Waals surface area contributed by atoms with Crippen molar-refractivity contribution >= 4 is 39.9 Å². The fraction of sp³-hybridized carbons (Fsp3) is 0.519. The van der Waals surface area contributed by atoms with E-state index < -0.39 is 16.9 Å². The minimum absolute atomic E-state index is 0.0426. The van der Waals surface area contributed by atoms with Gasteiger partial charge in [0.15, 0.2) is 0 Å². The maximum absolute atomic E-state index is 12.6. The van der Waals surface area contributed by atoms with Crippen LogP contribution in [0, 0.1) is 0 Å². The van der Waals surface area contributed by atoms with Crippen LogP contribution in [0.1, 0.15) is 52.6 Å². The number of hydrogen-bond acceptors (Lipinski definition) is 5. The number of carbonyl (C=O) groups is 1. The number of hydrogen-bond donors (Lipinski definition) is 2. The number of aliphatic hydroxyl groups is 2. The zero-order chi connectivity index (χ0) is 27.3. The van der Waals surface area contributed by atoms with Crippen molar-refractivity contribution in [3.05, 3.63) is 70.2 Å². The summed E-state index contributed by atoms with van der Waals surface area (Å²) in [6.45, 7) is 9.86. The van der Waals surface area contributed by atoms with Crippen LogP contribution in [0.15, 0.2) is 54.6 Å². The maximum Gasteiger partial charge on any atom is 0.249 e. The first-order chi connectivity index (χ1) is 16.9. The zero-order valence-corrected chi connectivity index (χ0v) is 24.0. The van der Waals surface area contributed by atoms with Crippen molar-refractivity contribution < 1.29 is 24.0 Å². The molecular formula is C27H39Cl2NO5S. The molecule has 1 heterocycles. The Morgan fingerprint density at radius 2 is 1.61 bits per heavy atom. The van der Waals surface area contributed by atoms with Gasteiger partial charge < -0.3 is 19.8 Å². The quantitative estimate of drug-likeness (QED) is 0.503. The van der Waals surface area contributed by atoms with Crippen molar-refractivity contribution in [2.75, 3.05) is 25.6 Å². The molecule has 2 aromatic carbocycles. The molecule has 0 radical (unpaired) electrons. The SMILES string of the molecule is CC(O)CO.CC[C@@H](CS(=O)C(C)(C)C)N1C(=O)COCC1c1ccc(Cl)cc1.Clc1ccccc1. The lowest BCUT2D eigenvalue weighted by molar-refractivity contribution is -0.151. The van der Waals surface area contributed by atoms with Gasteiger partial charge in [-0.15, -0.1) is 0 Å². The molecule has 2 aromatic rings. The maximum atomic E-state index is 12.6. The summed E-state index contributed by atoms with van der Waals surface area (Å²) in [4.78, 5) is 14.4. The summed E-state index contributed by atoms with van der Waals surface area (Å²) in [7, 11) is -1.01. The summed E-state index contributed by atoms with van der Waals surface area (Å²) < 4.78 is 17.8. The number of morpholine rings is 1. The predicted octanol–water partition coefficient (Wildman–Crippen LogP) is 5.27. The Labute approximate surface area is 228 Å². The second kappa shape index (κ2) is 16.4. The van der Waals surface area contributed by atoms with E-state index in [4.69, 9.17) is 38.2 Å². The highest BCUT2D eigenvalue weighted by Crippen LogP contribution is 2.30. The Morgan fingerprint density at radius 1 is 1.08 bits per heavy atom. The summed E-state index contributed by atoms with van der Waals surface area (Å²) in [5.74, 6) is 0.439. The van der Waals surface area contributed by atoms with Crippen LogP contribution in [0.25, 0.3) is 0 Å². The minimum atomic E-state index is -1.01. The van der Waals surface area contributed by atoms with Gasteiger partial charge in [0.2, 0.25) is 5.91 Å². The molecule has 0 spiro atoms. The van der Waals surface area contributed by atoms with Gasteiger partial charge >= 0.3 is 0 Å². The van der Waals surface area contributed by atoms with Gasteiger partial charge in [0.25, 0.3) is 0 Å². The van der Waals surface area contributed by atoms with E-state index in [1.54, 1.807) is 0 Å². The topological polar surface area (TPSA) is 87.1 Å². The van der Waals surface area contributed by atoms with Gasteiger partial charge in [-0.05, 0) is 63.9 Å². The molecule has 3 unspecified atom stereocenters. The lowest BCUT2D eigenvalue weighted by Gasteiger charge is -2.41. The highest BCUT2D eigenvalue weighted by molar-refractivity contribution is 7.86. The third kappa shape index (κ3) is 11.7. The molecule has 202 valence electrons. The summed E-state index contributed by atoms with van der Waals surface area (Å²) in [5, 5.41) is 17.5. The van der Waals surface area contributed by atoms with E-state index in [-0.39, 0.29) is 36.0 Å². The van der Waals surface area contributed by atoms with Gasteiger partial charge in [-0.2, -0.15) is 0 Å². The molecule has 1 saturated heterocycles. The number of nitrogens with zero attached hydrogens (tertiary/aromatic N) is 1. The van der Waals surface area contributed by atoms with Gasteiger partial charge in [0.1, 0.15) is 6.61 Å². The first kappa shape index (κ1) is 32.5. The average molecular weight is 561 g/mol. The van der Waals surface area contributed by atoms with Crippen LogP contribution < -0.4 is 0 Å². The van der Waals surface area contributed by atoms with Crippen molar-refractivity contribution in [3.63, 3.8) is 0 Å². The van der Waals surface area contributed by atoms with Crippen LogP contribution in [0.4, 0.5) is 0 Å². The summed E-state index contributed by atoms with van der Waals surface area (Å²) >= 11 is 11.5. The molecule has 0 bridgehead atoms. The molecule has 1 aliphatic rings. The van der Waals surface area contributed by atoms with Crippen LogP contribution in [0.5, 0.6) is 0 Å². The fourth-order valence-electron chi connectivity index (χ4n) is 3.22. The summed E-state index contributed by atoms with van der Waals surface area (Å²) in [6.07, 6.45) is 0.201. The smallest absolute Gasteiger partial charge is 0.249 e. The fourth-order valence-corrected chi connectivity index (χ4v) is 4.74. The largest absolute Gasteiger partial charge is 0.394 e. The van der Waals surface area contributed by atoms with Crippen molar-refractivity contribution in [1.82, 2.24) is 4.90 Å². The van der Waals surface area contributed by atoms with E-state index in [1.165, 1.54) is 6.92 Å². The summed E-state index contributed by atoms with van der Waals surface area (Å²) in [6, 6.07) is 16.7. The van der Waals surface area contributed by atoms with Crippen LogP contribution >= 0.6 is 23.2 Å². The van der Waals surface area contributed by atoms with E-state index in [1.807, 2.05) is 87.2 Å². The van der Waals surface area contributed by atoms with Crippen LogP contribution in [-0.2, 0) is 20.3 Å². The molecule has 1 amide bonds. The van der Waals surface area contributed by atoms with Gasteiger partial charge in [0.05, 0.1) is 25.4 Å². The van der Waals surface area contributed by atoms with E-state index in [0.29, 0.717) is 17.4 Å². The van der Waals surface area contributed by atoms with Crippen molar-refractivity contribution in [1.29, 1.82) is 0 Å². The first-order valence-electron chi connectivity index (χ1n) is 11.9. The third-order valence-corrected chi connectivity index (χ3v) is 7.83. The molecule has 3 rings (SSSR count). The molecule has 1 fully saturated rings. The number of halogens is 2. The Morgan fingerprint density at radius 3 is 2.03 bits per heavy atom. The van der Waals surface area contributed by atoms with Gasteiger partial charge in [-0.3, -0.25) is 9.00 Å². The van der Waals surface area contributed by atoms with E-state index in [9.17, 15) is 9.00 Å². The molecule has 2 N–H and O–H groups in total. The van der Waals surface area contributed by atoms with Gasteiger partial charge in [-0.25, -0.2) is 0 Å². The van der Waals surface area contributed by atoms with Gasteiger partial charge in [-0.1, -0.05) is 60.5 Å². The Balaban J connectivity index is 0.000000442. The molecule has 1 aliphatic heterocycles. The highest BCUT2D eigenvalue weighted by Gasteiger charge is 2.36. The third-order valence-electron chi connectivity index (χ3n) is 5.27. The molecule has 9 heteroatoms. The van der Waals surface area contributed by atoms with E-state index in [2.05, 4.69) is 0 Å². The standard InChI is InChI=1S/C18H26ClNO3S.C6H5Cl.C3H8O2/c1-5-15(12-24(22)18(2,3)4)20-16(10-23-11-17(20)21)13-6-8-14(19)9-7-13;7-6-4-2-1-3-5-6;1-3(5)2-4/h6-9,15-16H,5,10-12H2,1-4H3;1-5H;3-5H,2H2,1H3/t15-,16?,24?;;/m0../s1. The number of rotatable bonds is 6. The van der Waals surface area contributed by atoms with Crippen molar-refractivity contribution in [2.45, 2.75) is 64.0 Å². The minimum Gasteiger partial charge on any atom is -0.394 e. The Bertz CT molecular complexity index is 920. The highest BCUT2D eigenvalue weighted by atomic mass is 35.5. The molecule has 0 saturated carbocycles. The van der Waals surface area contributed by atoms with Crippen LogP contribution in [0.3, 0.4) is 0 Å². The second-order valence-electron chi connectivity index (χ2n) is 9.40. The molecule has 0 aliphatic carbocycles. The Hall–Kier alpha value is -1.48. The van der Waals surface area contributed by atoms with Crippen molar-refractivity contribution in [3.8, 4) is 0 Å². The number of amides is 1. The number of benzene rings is 2. The number of carbonyl (C=O) groups excluding carboxylic acids is 1. The molecule has 6 nitrogen and oxygen atoms in total. The Kier molecular flexibility index (Phi) is 14.8. The molecule has 36 heavy (non-hydrogen) atoms. The predicted molar refractivity (Wildman–Crippen MR) is 149 cm³/mol. The second-order valence-corrected chi connectivity index (χ2v) is 12.5. The van der Waals surface area contributed by atoms with E-state index in [0.717, 1.165) is 17.0 Å². The van der Waals surface area contributed by atoms with E-state index >= 15 is 0 Å². The summed E-state index contributed by atoms with van der Waals surface area (Å²) in [5.41, 5.74) is 0.993. The van der Waals surface area contributed by atoms with Crippen LogP contribution in [0.2, 0.25) is 10.0 Å². The lowest BCUT2D eigenvalue weighted by atomic mass is 10.0. The molecule has 4 atom stereocenters. The number of aliphatic hydroxyl groups excluding tert-OH is 2. The number of ether oxygens (including phenoxy) is 1. The monoisotopic (exact) mass is 559 g/mol.